The van der Waals surface area contributed by atoms with Gasteiger partial charge in [0.1, 0.15) is 0 Å². The molecule has 1 saturated heterocycles. The number of nitrogens with one attached hydrogen (secondary N) is 2. The highest BCUT2D eigenvalue weighted by molar-refractivity contribution is 7.88. The van der Waals surface area contributed by atoms with Gasteiger partial charge in [-0.3, -0.25) is 0 Å². The Balaban J connectivity index is 1.71. The fourth-order valence-electron chi connectivity index (χ4n) is 3.17. The molecule has 1 fully saturated rings. The van der Waals surface area contributed by atoms with E-state index < -0.39 is 10.0 Å². The number of anilines is 1. The van der Waals surface area contributed by atoms with Crippen molar-refractivity contribution >= 4 is 21.7 Å². The summed E-state index contributed by atoms with van der Waals surface area (Å²) < 4.78 is 25.7. The Hall–Kier alpha value is -2.38. The Kier molecular flexibility index (Phi) is 7.06. The fourth-order valence-corrected chi connectivity index (χ4v) is 3.95. The van der Waals surface area contributed by atoms with Gasteiger partial charge in [0.25, 0.3) is 0 Å². The Morgan fingerprint density at radius 1 is 0.964 bits per heavy atom. The standard InChI is InChI=1S/C21H28N4O2S/c1-22-28(26,27)17-19-12-10-18(11-13-19)16-23-21(25-14-6-3-7-15-25)24-20-8-4-2-5-9-20/h2,4-5,8-13,22H,3,6-7,14-17H2,1H3,(H,23,24). The fraction of sp³-hybridized carbons (Fsp3) is 0.381. The zero-order valence-electron chi connectivity index (χ0n) is 16.3. The molecule has 0 amide bonds. The second kappa shape index (κ2) is 9.71. The van der Waals surface area contributed by atoms with Crippen LogP contribution in [-0.4, -0.2) is 39.4 Å². The molecule has 0 spiro atoms. The summed E-state index contributed by atoms with van der Waals surface area (Å²) in [5, 5.41) is 3.46. The van der Waals surface area contributed by atoms with Gasteiger partial charge in [-0.1, -0.05) is 42.5 Å². The van der Waals surface area contributed by atoms with Crippen molar-refractivity contribution in [3.05, 3.63) is 65.7 Å². The molecule has 2 N–H and O–H groups in total. The second-order valence-corrected chi connectivity index (χ2v) is 8.88. The molecule has 2 aromatic carbocycles. The van der Waals surface area contributed by atoms with E-state index in [4.69, 9.17) is 4.99 Å². The highest BCUT2D eigenvalue weighted by Gasteiger charge is 2.15. The van der Waals surface area contributed by atoms with Gasteiger partial charge in [-0.15, -0.1) is 0 Å². The van der Waals surface area contributed by atoms with Gasteiger partial charge < -0.3 is 10.2 Å². The zero-order chi connectivity index (χ0) is 19.8. The summed E-state index contributed by atoms with van der Waals surface area (Å²) in [5.41, 5.74) is 2.84. The van der Waals surface area contributed by atoms with E-state index in [-0.39, 0.29) is 5.75 Å². The van der Waals surface area contributed by atoms with Crippen LogP contribution in [0.25, 0.3) is 0 Å². The summed E-state index contributed by atoms with van der Waals surface area (Å²) >= 11 is 0. The smallest absolute Gasteiger partial charge is 0.215 e. The number of likely N-dealkylation sites (tertiary alicyclic amines) is 1. The lowest BCUT2D eigenvalue weighted by molar-refractivity contribution is 0.340. The van der Waals surface area contributed by atoms with Crippen LogP contribution in [0.2, 0.25) is 0 Å². The Morgan fingerprint density at radius 3 is 2.25 bits per heavy atom. The number of hydrogen-bond acceptors (Lipinski definition) is 3. The van der Waals surface area contributed by atoms with Gasteiger partial charge in [0.05, 0.1) is 12.3 Å². The Labute approximate surface area is 167 Å². The van der Waals surface area contributed by atoms with Gasteiger partial charge >= 0.3 is 0 Å². The number of hydrogen-bond donors (Lipinski definition) is 2. The van der Waals surface area contributed by atoms with Crippen LogP contribution in [0, 0.1) is 0 Å². The van der Waals surface area contributed by atoms with Crippen molar-refractivity contribution in [3.8, 4) is 0 Å². The van der Waals surface area contributed by atoms with Crippen molar-refractivity contribution in [1.82, 2.24) is 9.62 Å². The third-order valence-corrected chi connectivity index (χ3v) is 6.12. The lowest BCUT2D eigenvalue weighted by atomic mass is 10.1. The molecule has 7 heteroatoms. The molecule has 0 aliphatic carbocycles. The molecular weight excluding hydrogens is 372 g/mol. The molecule has 0 radical (unpaired) electrons. The molecule has 0 aromatic heterocycles. The molecule has 0 unspecified atom stereocenters. The van der Waals surface area contributed by atoms with Crippen molar-refractivity contribution in [1.29, 1.82) is 0 Å². The third kappa shape index (κ3) is 6.07. The van der Waals surface area contributed by atoms with Crippen LogP contribution < -0.4 is 10.0 Å². The highest BCUT2D eigenvalue weighted by atomic mass is 32.2. The van der Waals surface area contributed by atoms with E-state index in [1.165, 1.54) is 26.3 Å². The summed E-state index contributed by atoms with van der Waals surface area (Å²) in [6.45, 7) is 2.57. The first-order chi connectivity index (χ1) is 13.6. The molecular formula is C21H28N4O2S. The number of sulfonamides is 1. The minimum absolute atomic E-state index is 0.0123. The van der Waals surface area contributed by atoms with Crippen LogP contribution in [0.4, 0.5) is 5.69 Å². The van der Waals surface area contributed by atoms with Crippen LogP contribution in [0.1, 0.15) is 30.4 Å². The molecule has 1 aliphatic heterocycles. The van der Waals surface area contributed by atoms with Crippen molar-refractivity contribution in [3.63, 3.8) is 0 Å². The molecule has 2 aromatic rings. The molecule has 6 nitrogen and oxygen atoms in total. The average Bonchev–Trinajstić information content (AvgIpc) is 2.73. The van der Waals surface area contributed by atoms with Crippen LogP contribution in [0.3, 0.4) is 0 Å². The second-order valence-electron chi connectivity index (χ2n) is 6.96. The van der Waals surface area contributed by atoms with E-state index in [0.717, 1.165) is 35.9 Å². The summed E-state index contributed by atoms with van der Waals surface area (Å²) in [4.78, 5) is 7.14. The van der Waals surface area contributed by atoms with E-state index in [1.54, 1.807) is 0 Å². The van der Waals surface area contributed by atoms with Crippen molar-refractivity contribution in [2.24, 2.45) is 4.99 Å². The number of guanidine groups is 1. The quantitative estimate of drug-likeness (QED) is 0.577. The van der Waals surface area contributed by atoms with E-state index in [9.17, 15) is 8.42 Å². The highest BCUT2D eigenvalue weighted by Crippen LogP contribution is 2.14. The molecule has 1 heterocycles. The van der Waals surface area contributed by atoms with Gasteiger partial charge in [-0.2, -0.15) is 0 Å². The minimum atomic E-state index is -3.25. The number of benzene rings is 2. The first-order valence-corrected chi connectivity index (χ1v) is 11.3. The van der Waals surface area contributed by atoms with Crippen LogP contribution in [-0.2, 0) is 22.3 Å². The number of para-hydroxylation sites is 1. The Bertz CT molecular complexity index is 874. The van der Waals surface area contributed by atoms with Crippen molar-refractivity contribution < 1.29 is 8.42 Å². The van der Waals surface area contributed by atoms with Gasteiger partial charge in [-0.25, -0.2) is 18.1 Å². The van der Waals surface area contributed by atoms with Gasteiger partial charge in [0, 0.05) is 18.8 Å². The number of rotatable bonds is 6. The SMILES string of the molecule is CNS(=O)(=O)Cc1ccc(CN=C(Nc2ccccc2)N2CCCCC2)cc1. The molecule has 28 heavy (non-hydrogen) atoms. The molecule has 0 bridgehead atoms. The number of nitrogens with zero attached hydrogens (tertiary/aromatic N) is 2. The van der Waals surface area contributed by atoms with E-state index in [1.807, 2.05) is 54.6 Å². The van der Waals surface area contributed by atoms with Crippen molar-refractivity contribution in [2.45, 2.75) is 31.6 Å². The van der Waals surface area contributed by atoms with Gasteiger partial charge in [0.2, 0.25) is 10.0 Å². The summed E-state index contributed by atoms with van der Waals surface area (Å²) in [7, 11) is -1.82. The zero-order valence-corrected chi connectivity index (χ0v) is 17.1. The molecule has 1 aliphatic rings. The summed E-state index contributed by atoms with van der Waals surface area (Å²) in [5.74, 6) is 0.884. The predicted octanol–water partition coefficient (Wildman–Crippen LogP) is 3.19. The lowest BCUT2D eigenvalue weighted by Gasteiger charge is -2.30. The molecule has 0 atom stereocenters. The minimum Gasteiger partial charge on any atom is -0.343 e. The molecule has 3 rings (SSSR count). The van der Waals surface area contributed by atoms with Crippen molar-refractivity contribution in [2.75, 3.05) is 25.5 Å². The van der Waals surface area contributed by atoms with E-state index in [0.29, 0.717) is 6.54 Å². The Morgan fingerprint density at radius 2 is 1.61 bits per heavy atom. The maximum absolute atomic E-state index is 11.7. The largest absolute Gasteiger partial charge is 0.343 e. The van der Waals surface area contributed by atoms with Crippen LogP contribution in [0.15, 0.2) is 59.6 Å². The number of aliphatic imine (C=N–C) groups is 1. The first-order valence-electron chi connectivity index (χ1n) is 9.66. The first kappa shape index (κ1) is 20.4. The van der Waals surface area contributed by atoms with Crippen LogP contribution >= 0.6 is 0 Å². The molecule has 150 valence electrons. The normalized spacial score (nSPS) is 15.5. The van der Waals surface area contributed by atoms with E-state index in [2.05, 4.69) is 14.9 Å². The van der Waals surface area contributed by atoms with E-state index >= 15 is 0 Å². The molecule has 0 saturated carbocycles. The average molecular weight is 401 g/mol. The maximum Gasteiger partial charge on any atom is 0.215 e. The van der Waals surface area contributed by atoms with Gasteiger partial charge in [0.15, 0.2) is 5.96 Å². The summed E-state index contributed by atoms with van der Waals surface area (Å²) in [6, 6.07) is 17.7. The summed E-state index contributed by atoms with van der Waals surface area (Å²) in [6.07, 6.45) is 3.64. The van der Waals surface area contributed by atoms with Gasteiger partial charge in [-0.05, 0) is 49.6 Å². The predicted molar refractivity (Wildman–Crippen MR) is 115 cm³/mol. The lowest BCUT2D eigenvalue weighted by Crippen LogP contribution is -2.40. The monoisotopic (exact) mass is 400 g/mol. The number of piperidine rings is 1. The maximum atomic E-state index is 11.7. The van der Waals surface area contributed by atoms with Crippen LogP contribution in [0.5, 0.6) is 0 Å². The topological polar surface area (TPSA) is 73.8 Å². The third-order valence-electron chi connectivity index (χ3n) is 4.79.